The van der Waals surface area contributed by atoms with Gasteiger partial charge in [0.1, 0.15) is 0 Å². The highest BCUT2D eigenvalue weighted by Crippen LogP contribution is 2.26. The summed E-state index contributed by atoms with van der Waals surface area (Å²) in [6.07, 6.45) is 2.34. The molecule has 4 heteroatoms. The highest BCUT2D eigenvalue weighted by molar-refractivity contribution is 6.00. The highest BCUT2D eigenvalue weighted by atomic mass is 16.7. The minimum Gasteiger partial charge on any atom is -0.420 e. The number of benzene rings is 1. The maximum absolute atomic E-state index is 11.6. The van der Waals surface area contributed by atoms with Gasteiger partial charge in [-0.1, -0.05) is 36.4 Å². The lowest BCUT2D eigenvalue weighted by atomic mass is 9.93. The van der Waals surface area contributed by atoms with Gasteiger partial charge in [-0.25, -0.2) is 0 Å². The van der Waals surface area contributed by atoms with Gasteiger partial charge in [0.2, 0.25) is 0 Å². The van der Waals surface area contributed by atoms with Crippen LogP contribution in [-0.2, 0) is 19.1 Å². The smallest absolute Gasteiger partial charge is 0.326 e. The van der Waals surface area contributed by atoms with E-state index in [-0.39, 0.29) is 0 Å². The Bertz CT molecular complexity index is 468. The third kappa shape index (κ3) is 2.42. The largest absolute Gasteiger partial charge is 0.420 e. The third-order valence-electron chi connectivity index (χ3n) is 2.71. The van der Waals surface area contributed by atoms with Crippen LogP contribution in [0.4, 0.5) is 0 Å². The minimum atomic E-state index is -1.23. The lowest BCUT2D eigenvalue weighted by molar-refractivity contribution is -0.211. The molecule has 0 spiro atoms. The summed E-state index contributed by atoms with van der Waals surface area (Å²) >= 11 is 0. The summed E-state index contributed by atoms with van der Waals surface area (Å²) in [7, 11) is 0. The summed E-state index contributed by atoms with van der Waals surface area (Å²) in [5.41, 5.74) is -0.286. The Morgan fingerprint density at radius 3 is 2.17 bits per heavy atom. The Morgan fingerprint density at radius 2 is 1.61 bits per heavy atom. The van der Waals surface area contributed by atoms with E-state index in [1.807, 2.05) is 30.3 Å². The number of rotatable bonds is 2. The van der Waals surface area contributed by atoms with Crippen LogP contribution in [0.25, 0.3) is 6.08 Å². The first-order valence-corrected chi connectivity index (χ1v) is 5.65. The van der Waals surface area contributed by atoms with Crippen LogP contribution in [0, 0.1) is 5.41 Å². The van der Waals surface area contributed by atoms with Crippen LogP contribution in [0.2, 0.25) is 0 Å². The topological polar surface area (TPSA) is 52.6 Å². The van der Waals surface area contributed by atoms with Crippen molar-refractivity contribution in [3.63, 3.8) is 0 Å². The van der Waals surface area contributed by atoms with E-state index < -0.39 is 23.6 Å². The molecule has 0 atom stereocenters. The fourth-order valence-corrected chi connectivity index (χ4v) is 1.45. The second kappa shape index (κ2) is 4.64. The van der Waals surface area contributed by atoms with Crippen molar-refractivity contribution in [2.24, 2.45) is 5.41 Å². The van der Waals surface area contributed by atoms with Crippen molar-refractivity contribution in [2.75, 3.05) is 0 Å². The summed E-state index contributed by atoms with van der Waals surface area (Å²) in [4.78, 5) is 23.2. The zero-order valence-electron chi connectivity index (χ0n) is 10.3. The molecule has 0 aromatic heterocycles. The predicted molar refractivity (Wildman–Crippen MR) is 65.2 cm³/mol. The van der Waals surface area contributed by atoms with Gasteiger partial charge in [0.05, 0.1) is 0 Å². The van der Waals surface area contributed by atoms with Gasteiger partial charge in [0.15, 0.2) is 5.41 Å². The zero-order valence-corrected chi connectivity index (χ0v) is 10.3. The number of carbonyl (C=O) groups excluding carboxylic acids is 2. The van der Waals surface area contributed by atoms with E-state index in [9.17, 15) is 9.59 Å². The van der Waals surface area contributed by atoms with Gasteiger partial charge >= 0.3 is 11.9 Å². The number of esters is 2. The van der Waals surface area contributed by atoms with E-state index in [4.69, 9.17) is 9.47 Å². The van der Waals surface area contributed by atoms with Crippen LogP contribution in [-0.4, -0.2) is 18.2 Å². The van der Waals surface area contributed by atoms with E-state index in [1.165, 1.54) is 13.8 Å². The molecule has 0 radical (unpaired) electrons. The molecule has 1 heterocycles. The van der Waals surface area contributed by atoms with Crippen molar-refractivity contribution < 1.29 is 19.1 Å². The molecule has 1 aliphatic heterocycles. The van der Waals surface area contributed by atoms with Crippen LogP contribution >= 0.6 is 0 Å². The number of hydrogen-bond acceptors (Lipinski definition) is 4. The molecule has 0 amide bonds. The van der Waals surface area contributed by atoms with Crippen molar-refractivity contribution in [2.45, 2.75) is 20.1 Å². The molecule has 18 heavy (non-hydrogen) atoms. The Hall–Kier alpha value is -2.10. The summed E-state index contributed by atoms with van der Waals surface area (Å²) in [6, 6.07) is 9.48. The van der Waals surface area contributed by atoms with Crippen LogP contribution < -0.4 is 0 Å². The average molecular weight is 246 g/mol. The standard InChI is InChI=1S/C14H14O4/c1-14(2)12(15)17-11(18-13(14)16)9-8-10-6-4-3-5-7-10/h3-9,11H,1-2H3. The molecular weight excluding hydrogens is 232 g/mol. The number of cyclic esters (lactones) is 2. The van der Waals surface area contributed by atoms with Gasteiger partial charge in [-0.15, -0.1) is 0 Å². The van der Waals surface area contributed by atoms with Gasteiger partial charge in [-0.05, 0) is 25.5 Å². The quantitative estimate of drug-likeness (QED) is 0.592. The van der Waals surface area contributed by atoms with E-state index in [2.05, 4.69) is 0 Å². The molecule has 0 unspecified atom stereocenters. The fraction of sp³-hybridized carbons (Fsp3) is 0.286. The Labute approximate surface area is 105 Å². The molecule has 94 valence electrons. The third-order valence-corrected chi connectivity index (χ3v) is 2.71. The maximum atomic E-state index is 11.6. The van der Waals surface area contributed by atoms with Gasteiger partial charge < -0.3 is 9.47 Å². The summed E-state index contributed by atoms with van der Waals surface area (Å²) in [5.74, 6) is -1.14. The lowest BCUT2D eigenvalue weighted by Gasteiger charge is -2.30. The van der Waals surface area contributed by atoms with Crippen molar-refractivity contribution in [3.8, 4) is 0 Å². The number of carbonyl (C=O) groups is 2. The van der Waals surface area contributed by atoms with Crippen LogP contribution in [0.15, 0.2) is 36.4 Å². The highest BCUT2D eigenvalue weighted by Gasteiger charge is 2.45. The molecule has 1 aromatic rings. The van der Waals surface area contributed by atoms with Crippen molar-refractivity contribution >= 4 is 18.0 Å². The van der Waals surface area contributed by atoms with Crippen molar-refractivity contribution in [1.82, 2.24) is 0 Å². The predicted octanol–water partition coefficient (Wildman–Crippen LogP) is 2.15. The first kappa shape index (κ1) is 12.4. The Morgan fingerprint density at radius 1 is 1.06 bits per heavy atom. The number of ether oxygens (including phenoxy) is 2. The van der Waals surface area contributed by atoms with Gasteiger partial charge in [0, 0.05) is 0 Å². The van der Waals surface area contributed by atoms with Crippen LogP contribution in [0.3, 0.4) is 0 Å². The average Bonchev–Trinajstić information content (AvgIpc) is 2.35. The van der Waals surface area contributed by atoms with Gasteiger partial charge in [0.25, 0.3) is 6.29 Å². The summed E-state index contributed by atoms with van der Waals surface area (Å²) in [5, 5.41) is 0. The molecule has 4 nitrogen and oxygen atoms in total. The summed E-state index contributed by atoms with van der Waals surface area (Å²) < 4.78 is 10.0. The van der Waals surface area contributed by atoms with Crippen molar-refractivity contribution in [1.29, 1.82) is 0 Å². The summed E-state index contributed by atoms with van der Waals surface area (Å²) in [6.45, 7) is 2.96. The SMILES string of the molecule is CC1(C)C(=O)OC(C=Cc2ccccc2)OC1=O. The number of hydrogen-bond donors (Lipinski definition) is 0. The van der Waals surface area contributed by atoms with E-state index in [0.29, 0.717) is 0 Å². The van der Waals surface area contributed by atoms with E-state index in [1.54, 1.807) is 12.2 Å². The second-order valence-electron chi connectivity index (χ2n) is 4.57. The van der Waals surface area contributed by atoms with Gasteiger partial charge in [-0.2, -0.15) is 0 Å². The molecular formula is C14H14O4. The fourth-order valence-electron chi connectivity index (χ4n) is 1.45. The normalized spacial score (nSPS) is 19.7. The molecule has 0 N–H and O–H groups in total. The molecule has 0 bridgehead atoms. The molecule has 1 saturated heterocycles. The van der Waals surface area contributed by atoms with Crippen LogP contribution in [0.1, 0.15) is 19.4 Å². The molecule has 0 aliphatic carbocycles. The van der Waals surface area contributed by atoms with Gasteiger partial charge in [-0.3, -0.25) is 9.59 Å². The minimum absolute atomic E-state index is 0.568. The monoisotopic (exact) mass is 246 g/mol. The van der Waals surface area contributed by atoms with E-state index in [0.717, 1.165) is 5.56 Å². The molecule has 0 saturated carbocycles. The molecule has 1 fully saturated rings. The van der Waals surface area contributed by atoms with Crippen LogP contribution in [0.5, 0.6) is 0 Å². The lowest BCUT2D eigenvalue weighted by Crippen LogP contribution is -2.45. The zero-order chi connectivity index (χ0) is 13.2. The van der Waals surface area contributed by atoms with Crippen molar-refractivity contribution in [3.05, 3.63) is 42.0 Å². The first-order valence-electron chi connectivity index (χ1n) is 5.65. The molecule has 2 rings (SSSR count). The second-order valence-corrected chi connectivity index (χ2v) is 4.57. The van der Waals surface area contributed by atoms with E-state index >= 15 is 0 Å². The molecule has 1 aliphatic rings. The first-order chi connectivity index (χ1) is 8.50. The maximum Gasteiger partial charge on any atom is 0.326 e. The molecule has 1 aromatic carbocycles. The Kier molecular flexibility index (Phi) is 3.19. The Balaban J connectivity index is 2.07.